The van der Waals surface area contributed by atoms with E-state index in [1.165, 1.54) is 19.3 Å². The lowest BCUT2D eigenvalue weighted by Gasteiger charge is -2.41. The van der Waals surface area contributed by atoms with E-state index in [0.29, 0.717) is 12.2 Å². The zero-order chi connectivity index (χ0) is 19.8. The number of rotatable bonds is 5. The van der Waals surface area contributed by atoms with Crippen molar-refractivity contribution in [2.45, 2.75) is 44.6 Å². The maximum absolute atomic E-state index is 12.9. The standard InChI is InChI=1S/C24H28N4O/c1-27-16-21(15-26-27)18-5-6-19-14-25-22(12-20(19)11-18)13-24(29)17-7-9-28(10-8-17)23-3-2-4-23/h5-6,11-12,14-17,23H,2-4,7-10,13H2,1H3. The third kappa shape index (κ3) is 3.84. The van der Waals surface area contributed by atoms with E-state index in [4.69, 9.17) is 0 Å². The Bertz CT molecular complexity index is 1030. The van der Waals surface area contributed by atoms with Crippen LogP contribution in [0.15, 0.2) is 42.9 Å². The van der Waals surface area contributed by atoms with Crippen molar-refractivity contribution >= 4 is 16.6 Å². The predicted molar refractivity (Wildman–Crippen MR) is 115 cm³/mol. The summed E-state index contributed by atoms with van der Waals surface area (Å²) < 4.78 is 1.81. The molecule has 1 aliphatic heterocycles. The molecule has 2 aliphatic rings. The van der Waals surface area contributed by atoms with Crippen LogP contribution in [0.4, 0.5) is 0 Å². The molecular weight excluding hydrogens is 360 g/mol. The van der Waals surface area contributed by atoms with Crippen LogP contribution in [0, 0.1) is 5.92 Å². The van der Waals surface area contributed by atoms with Crippen LogP contribution in [0.25, 0.3) is 21.9 Å². The van der Waals surface area contributed by atoms with Crippen molar-refractivity contribution in [2.24, 2.45) is 13.0 Å². The summed E-state index contributed by atoms with van der Waals surface area (Å²) in [5.74, 6) is 0.555. The van der Waals surface area contributed by atoms with Gasteiger partial charge in [-0.05, 0) is 61.9 Å². The van der Waals surface area contributed by atoms with E-state index in [1.807, 2.05) is 30.3 Å². The first-order chi connectivity index (χ1) is 14.2. The molecule has 3 aromatic rings. The lowest BCUT2D eigenvalue weighted by atomic mass is 9.85. The quantitative estimate of drug-likeness (QED) is 0.663. The van der Waals surface area contributed by atoms with Gasteiger partial charge in [0.1, 0.15) is 5.78 Å². The van der Waals surface area contributed by atoms with Crippen LogP contribution in [-0.4, -0.2) is 44.6 Å². The molecule has 1 saturated carbocycles. The summed E-state index contributed by atoms with van der Waals surface area (Å²) >= 11 is 0. The second-order valence-electron chi connectivity index (χ2n) is 8.68. The number of ketones is 1. The van der Waals surface area contributed by atoms with Crippen molar-refractivity contribution in [3.05, 3.63) is 48.5 Å². The van der Waals surface area contributed by atoms with Gasteiger partial charge in [-0.15, -0.1) is 0 Å². The summed E-state index contributed by atoms with van der Waals surface area (Å²) in [7, 11) is 1.93. The molecule has 1 saturated heterocycles. The van der Waals surface area contributed by atoms with Gasteiger partial charge in [-0.3, -0.25) is 14.5 Å². The van der Waals surface area contributed by atoms with Gasteiger partial charge in [0.05, 0.1) is 6.20 Å². The molecule has 1 aliphatic carbocycles. The van der Waals surface area contributed by atoms with Crippen molar-refractivity contribution in [2.75, 3.05) is 13.1 Å². The SMILES string of the molecule is Cn1cc(-c2ccc3cnc(CC(=O)C4CCN(C5CCC5)CC4)cc3c2)cn1. The lowest BCUT2D eigenvalue weighted by molar-refractivity contribution is -0.124. The lowest BCUT2D eigenvalue weighted by Crippen LogP contribution is -2.45. The summed E-state index contributed by atoms with van der Waals surface area (Å²) in [6, 6.07) is 9.23. The van der Waals surface area contributed by atoms with E-state index in [-0.39, 0.29) is 5.92 Å². The van der Waals surface area contributed by atoms with Crippen LogP contribution < -0.4 is 0 Å². The monoisotopic (exact) mass is 388 g/mol. The van der Waals surface area contributed by atoms with Crippen molar-refractivity contribution < 1.29 is 4.79 Å². The number of hydrogen-bond donors (Lipinski definition) is 0. The molecule has 0 radical (unpaired) electrons. The summed E-state index contributed by atoms with van der Waals surface area (Å²) in [6.45, 7) is 2.17. The Hall–Kier alpha value is -2.53. The molecule has 0 N–H and O–H groups in total. The second kappa shape index (κ2) is 7.71. The Kier molecular flexibility index (Phi) is 4.92. The molecule has 2 aromatic heterocycles. The predicted octanol–water partition coefficient (Wildman–Crippen LogP) is 4.01. The van der Waals surface area contributed by atoms with Crippen molar-refractivity contribution in [1.82, 2.24) is 19.7 Å². The second-order valence-corrected chi connectivity index (χ2v) is 8.68. The van der Waals surface area contributed by atoms with E-state index in [2.05, 4.69) is 39.2 Å². The Morgan fingerprint density at radius 1 is 1.03 bits per heavy atom. The molecule has 0 unspecified atom stereocenters. The Balaban J connectivity index is 1.28. The van der Waals surface area contributed by atoms with E-state index < -0.39 is 0 Å². The van der Waals surface area contributed by atoms with Gasteiger partial charge < -0.3 is 4.90 Å². The number of pyridine rings is 1. The highest BCUT2D eigenvalue weighted by atomic mass is 16.1. The van der Waals surface area contributed by atoms with Gasteiger partial charge in [0.2, 0.25) is 0 Å². The van der Waals surface area contributed by atoms with Gasteiger partial charge in [-0.2, -0.15) is 5.10 Å². The van der Waals surface area contributed by atoms with Gasteiger partial charge in [0.15, 0.2) is 0 Å². The van der Waals surface area contributed by atoms with E-state index in [0.717, 1.165) is 59.6 Å². The number of piperidine rings is 1. The molecule has 1 aromatic carbocycles. The van der Waals surface area contributed by atoms with Crippen molar-refractivity contribution in [1.29, 1.82) is 0 Å². The third-order valence-electron chi connectivity index (χ3n) is 6.75. The minimum atomic E-state index is 0.200. The first-order valence-electron chi connectivity index (χ1n) is 10.8. The fraction of sp³-hybridized carbons (Fsp3) is 0.458. The fourth-order valence-electron chi connectivity index (χ4n) is 4.69. The summed E-state index contributed by atoms with van der Waals surface area (Å²) in [5.41, 5.74) is 3.12. The van der Waals surface area contributed by atoms with Crippen LogP contribution >= 0.6 is 0 Å². The number of carbonyl (C=O) groups excluding carboxylic acids is 1. The number of Topliss-reactive ketones (excluding diaryl/α,β-unsaturated/α-hetero) is 1. The number of likely N-dealkylation sites (tertiary alicyclic amines) is 1. The highest BCUT2D eigenvalue weighted by Crippen LogP contribution is 2.30. The number of aromatic nitrogens is 3. The highest BCUT2D eigenvalue weighted by Gasteiger charge is 2.31. The van der Waals surface area contributed by atoms with Crippen molar-refractivity contribution in [3.8, 4) is 11.1 Å². The molecule has 0 bridgehead atoms. The molecule has 0 amide bonds. The normalized spacial score (nSPS) is 18.8. The third-order valence-corrected chi connectivity index (χ3v) is 6.75. The number of nitrogens with zero attached hydrogens (tertiary/aromatic N) is 4. The van der Waals surface area contributed by atoms with Gasteiger partial charge >= 0.3 is 0 Å². The van der Waals surface area contributed by atoms with Gasteiger partial charge in [-0.1, -0.05) is 18.6 Å². The van der Waals surface area contributed by atoms with Gasteiger partial charge in [-0.25, -0.2) is 0 Å². The molecular formula is C24H28N4O. The molecule has 5 heteroatoms. The maximum atomic E-state index is 12.9. The highest BCUT2D eigenvalue weighted by molar-refractivity contribution is 5.88. The Labute approximate surface area is 171 Å². The van der Waals surface area contributed by atoms with E-state index in [9.17, 15) is 4.79 Å². The van der Waals surface area contributed by atoms with Crippen LogP contribution in [-0.2, 0) is 18.3 Å². The molecule has 3 heterocycles. The molecule has 150 valence electrons. The summed E-state index contributed by atoms with van der Waals surface area (Å²) in [6.07, 6.45) is 12.3. The summed E-state index contributed by atoms with van der Waals surface area (Å²) in [4.78, 5) is 20.1. The molecule has 2 fully saturated rings. The number of aryl methyl sites for hydroxylation is 1. The average molecular weight is 389 g/mol. The molecule has 0 atom stereocenters. The molecule has 0 spiro atoms. The van der Waals surface area contributed by atoms with Gasteiger partial charge in [0.25, 0.3) is 0 Å². The first kappa shape index (κ1) is 18.5. The zero-order valence-electron chi connectivity index (χ0n) is 17.1. The van der Waals surface area contributed by atoms with Crippen LogP contribution in [0.1, 0.15) is 37.8 Å². The largest absolute Gasteiger partial charge is 0.300 e. The van der Waals surface area contributed by atoms with Crippen molar-refractivity contribution in [3.63, 3.8) is 0 Å². The average Bonchev–Trinajstić information content (AvgIpc) is 3.13. The molecule has 29 heavy (non-hydrogen) atoms. The van der Waals surface area contributed by atoms with E-state index >= 15 is 0 Å². The topological polar surface area (TPSA) is 51.0 Å². The maximum Gasteiger partial charge on any atom is 0.142 e. The molecule has 5 rings (SSSR count). The number of carbonyl (C=O) groups is 1. The Morgan fingerprint density at radius 2 is 1.86 bits per heavy atom. The minimum absolute atomic E-state index is 0.200. The van der Waals surface area contributed by atoms with Gasteiger partial charge in [0, 0.05) is 54.5 Å². The van der Waals surface area contributed by atoms with E-state index in [1.54, 1.807) is 0 Å². The number of hydrogen-bond acceptors (Lipinski definition) is 4. The summed E-state index contributed by atoms with van der Waals surface area (Å²) in [5, 5.41) is 6.49. The smallest absolute Gasteiger partial charge is 0.142 e. The zero-order valence-corrected chi connectivity index (χ0v) is 17.1. The first-order valence-corrected chi connectivity index (χ1v) is 10.8. The molecule has 5 nitrogen and oxygen atoms in total. The fourth-order valence-corrected chi connectivity index (χ4v) is 4.69. The van der Waals surface area contributed by atoms with Crippen LogP contribution in [0.2, 0.25) is 0 Å². The minimum Gasteiger partial charge on any atom is -0.300 e. The number of benzene rings is 1. The Morgan fingerprint density at radius 3 is 2.55 bits per heavy atom. The van der Waals surface area contributed by atoms with Crippen LogP contribution in [0.5, 0.6) is 0 Å². The van der Waals surface area contributed by atoms with Crippen LogP contribution in [0.3, 0.4) is 0 Å². The number of fused-ring (bicyclic) bond motifs is 1.